The standard InChI is InChI=1S/C30H24Cl2N6O4/c31-23-13-20(29(40)38-12-2-1-3-26(38)30(41)42)11-10-18(23)7-4-17-5-8-19(9-6-17)24-14-21(28(39)36-37-32)22-16-34-27(33)15-25(22)35-24/h5-6,8-11,13-16,26,37H,1-3,12H2,(H2,33,34)(H,36,39)(H,41,42)/t26-/m0/s1. The van der Waals surface area contributed by atoms with Gasteiger partial charge >= 0.3 is 5.97 Å². The van der Waals surface area contributed by atoms with Crippen LogP contribution in [0.5, 0.6) is 0 Å². The van der Waals surface area contributed by atoms with Gasteiger partial charge in [0.1, 0.15) is 11.9 Å². The lowest BCUT2D eigenvalue weighted by molar-refractivity contribution is -0.143. The maximum atomic E-state index is 13.0. The van der Waals surface area contributed by atoms with E-state index in [2.05, 4.69) is 32.2 Å². The molecule has 3 heterocycles. The second-order valence-corrected chi connectivity index (χ2v) is 10.2. The number of nitrogens with two attached hydrogens (primary N) is 1. The third-order valence-electron chi connectivity index (χ3n) is 6.91. The van der Waals surface area contributed by atoms with Gasteiger partial charge < -0.3 is 15.7 Å². The number of aromatic nitrogens is 2. The summed E-state index contributed by atoms with van der Waals surface area (Å²) >= 11 is 11.9. The molecule has 1 aliphatic rings. The van der Waals surface area contributed by atoms with E-state index in [0.717, 1.165) is 18.4 Å². The van der Waals surface area contributed by atoms with Crippen LogP contribution in [-0.4, -0.2) is 50.3 Å². The smallest absolute Gasteiger partial charge is 0.326 e. The fourth-order valence-electron chi connectivity index (χ4n) is 4.79. The van der Waals surface area contributed by atoms with Crippen molar-refractivity contribution in [3.63, 3.8) is 0 Å². The molecule has 5 N–H and O–H groups in total. The largest absolute Gasteiger partial charge is 0.480 e. The molecule has 42 heavy (non-hydrogen) atoms. The Morgan fingerprint density at radius 2 is 1.83 bits per heavy atom. The third kappa shape index (κ3) is 6.14. The summed E-state index contributed by atoms with van der Waals surface area (Å²) in [6.45, 7) is 0.393. The van der Waals surface area contributed by atoms with Crippen molar-refractivity contribution in [3.8, 4) is 23.1 Å². The number of hydrazine groups is 1. The average Bonchev–Trinajstić information content (AvgIpc) is 2.99. The van der Waals surface area contributed by atoms with Crippen LogP contribution in [0, 0.1) is 11.8 Å². The lowest BCUT2D eigenvalue weighted by atomic mass is 10.0. The number of halogens is 2. The molecule has 10 nitrogen and oxygen atoms in total. The number of benzene rings is 2. The summed E-state index contributed by atoms with van der Waals surface area (Å²) < 4.78 is 0. The van der Waals surface area contributed by atoms with Gasteiger partial charge in [0, 0.05) is 46.4 Å². The SMILES string of the molecule is Nc1cc2nc(-c3ccc(C#Cc4ccc(C(=O)N5CCCC[C@H]5C(=O)O)cc4Cl)cc3)cc(C(=O)NNCl)c2cn1. The lowest BCUT2D eigenvalue weighted by Gasteiger charge is -2.33. The predicted octanol–water partition coefficient (Wildman–Crippen LogP) is 4.40. The van der Waals surface area contributed by atoms with Crippen molar-refractivity contribution in [2.24, 2.45) is 0 Å². The summed E-state index contributed by atoms with van der Waals surface area (Å²) in [5.74, 6) is 4.52. The molecule has 1 aliphatic heterocycles. The number of rotatable bonds is 5. The molecule has 2 aromatic heterocycles. The van der Waals surface area contributed by atoms with E-state index in [1.807, 2.05) is 24.3 Å². The molecule has 1 atom stereocenters. The van der Waals surface area contributed by atoms with Crippen LogP contribution in [0.2, 0.25) is 5.02 Å². The Morgan fingerprint density at radius 1 is 1.05 bits per heavy atom. The number of pyridine rings is 2. The molecule has 0 unspecified atom stereocenters. The summed E-state index contributed by atoms with van der Waals surface area (Å²) in [4.78, 5) is 49.4. The van der Waals surface area contributed by atoms with E-state index in [9.17, 15) is 19.5 Å². The van der Waals surface area contributed by atoms with E-state index < -0.39 is 17.9 Å². The Morgan fingerprint density at radius 3 is 2.55 bits per heavy atom. The highest BCUT2D eigenvalue weighted by Gasteiger charge is 2.32. The van der Waals surface area contributed by atoms with E-state index in [4.69, 9.17) is 29.1 Å². The summed E-state index contributed by atoms with van der Waals surface area (Å²) in [5.41, 5.74) is 11.8. The highest BCUT2D eigenvalue weighted by atomic mass is 35.5. The molecule has 0 saturated carbocycles. The fourth-order valence-corrected chi connectivity index (χ4v) is 5.11. The molecule has 1 saturated heterocycles. The number of nitrogens with zero attached hydrogens (tertiary/aromatic N) is 3. The highest BCUT2D eigenvalue weighted by molar-refractivity contribution is 6.32. The monoisotopic (exact) mass is 602 g/mol. The van der Waals surface area contributed by atoms with Crippen LogP contribution in [0.3, 0.4) is 0 Å². The number of carbonyl (C=O) groups is 3. The maximum Gasteiger partial charge on any atom is 0.326 e. The zero-order valence-electron chi connectivity index (χ0n) is 22.0. The Balaban J connectivity index is 1.37. The first-order valence-corrected chi connectivity index (χ1v) is 13.7. The van der Waals surface area contributed by atoms with Gasteiger partial charge in [-0.3, -0.25) is 15.0 Å². The van der Waals surface area contributed by atoms with Crippen LogP contribution in [0.15, 0.2) is 60.8 Å². The van der Waals surface area contributed by atoms with Gasteiger partial charge in [0.05, 0.1) is 21.8 Å². The highest BCUT2D eigenvalue weighted by Crippen LogP contribution is 2.26. The van der Waals surface area contributed by atoms with Crippen molar-refractivity contribution in [2.45, 2.75) is 25.3 Å². The van der Waals surface area contributed by atoms with Gasteiger partial charge in [-0.25, -0.2) is 14.8 Å². The summed E-state index contributed by atoms with van der Waals surface area (Å²) in [6, 6.07) is 14.4. The van der Waals surface area contributed by atoms with Crippen molar-refractivity contribution in [3.05, 3.63) is 88.1 Å². The van der Waals surface area contributed by atoms with Crippen molar-refractivity contribution < 1.29 is 19.5 Å². The van der Waals surface area contributed by atoms with Crippen LogP contribution >= 0.6 is 23.4 Å². The minimum atomic E-state index is -1.00. The van der Waals surface area contributed by atoms with Crippen molar-refractivity contribution in [2.75, 3.05) is 12.3 Å². The van der Waals surface area contributed by atoms with Gasteiger partial charge in [-0.15, -0.1) is 4.94 Å². The number of carboxylic acid groups (broad SMARTS) is 1. The average molecular weight is 603 g/mol. The van der Waals surface area contributed by atoms with Crippen LogP contribution in [-0.2, 0) is 4.79 Å². The Hall–Kier alpha value is -4.69. The third-order valence-corrected chi connectivity index (χ3v) is 7.31. The predicted molar refractivity (Wildman–Crippen MR) is 160 cm³/mol. The fraction of sp³-hybridized carbons (Fsp3) is 0.167. The normalized spacial score (nSPS) is 14.6. The van der Waals surface area contributed by atoms with Gasteiger partial charge in [0.2, 0.25) is 0 Å². The van der Waals surface area contributed by atoms with Crippen LogP contribution in [0.1, 0.15) is 51.1 Å². The molecule has 5 rings (SSSR count). The van der Waals surface area contributed by atoms with Crippen molar-refractivity contribution in [1.29, 1.82) is 0 Å². The lowest BCUT2D eigenvalue weighted by Crippen LogP contribution is -2.47. The van der Waals surface area contributed by atoms with E-state index >= 15 is 0 Å². The molecule has 4 aromatic rings. The van der Waals surface area contributed by atoms with Gasteiger partial charge in [-0.05, 0) is 67.4 Å². The van der Waals surface area contributed by atoms with Crippen LogP contribution in [0.4, 0.5) is 5.82 Å². The molecule has 212 valence electrons. The first-order chi connectivity index (χ1) is 20.2. The molecule has 0 aliphatic carbocycles. The number of nitrogens with one attached hydrogen (secondary N) is 2. The Bertz CT molecular complexity index is 1770. The Kier molecular flexibility index (Phi) is 8.54. The van der Waals surface area contributed by atoms with E-state index in [1.54, 1.807) is 24.3 Å². The zero-order chi connectivity index (χ0) is 29.8. The number of fused-ring (bicyclic) bond motifs is 1. The van der Waals surface area contributed by atoms with Crippen molar-refractivity contribution >= 4 is 57.9 Å². The number of carbonyl (C=O) groups excluding carboxylic acids is 2. The molecule has 0 spiro atoms. The topological polar surface area (TPSA) is 151 Å². The van der Waals surface area contributed by atoms with Gasteiger partial charge in [0.25, 0.3) is 11.8 Å². The first-order valence-electron chi connectivity index (χ1n) is 12.9. The molecular weight excluding hydrogens is 579 g/mol. The molecule has 12 heteroatoms. The molecule has 2 amide bonds. The number of aliphatic carboxylic acids is 1. The number of likely N-dealkylation sites (tertiary alicyclic amines) is 1. The van der Waals surface area contributed by atoms with Crippen LogP contribution in [0.25, 0.3) is 22.2 Å². The summed E-state index contributed by atoms with van der Waals surface area (Å²) in [5, 5.41) is 10.3. The number of piperidine rings is 1. The van der Waals surface area contributed by atoms with E-state index in [-0.39, 0.29) is 11.7 Å². The van der Waals surface area contributed by atoms with E-state index in [1.165, 1.54) is 17.2 Å². The quantitative estimate of drug-likeness (QED) is 0.149. The molecule has 0 radical (unpaired) electrons. The Labute approximate surface area is 250 Å². The molecule has 1 fully saturated rings. The molecule has 0 bridgehead atoms. The second kappa shape index (κ2) is 12.4. The minimum absolute atomic E-state index is 0.270. The first kappa shape index (κ1) is 28.8. The van der Waals surface area contributed by atoms with Crippen molar-refractivity contribution in [1.82, 2.24) is 25.2 Å². The number of carboxylic acids is 1. The number of amides is 2. The van der Waals surface area contributed by atoms with Gasteiger partial charge in [0.15, 0.2) is 0 Å². The summed E-state index contributed by atoms with van der Waals surface area (Å²) in [7, 11) is 0. The summed E-state index contributed by atoms with van der Waals surface area (Å²) in [6.07, 6.45) is 3.45. The van der Waals surface area contributed by atoms with Gasteiger partial charge in [-0.1, -0.05) is 35.6 Å². The number of hydrogen-bond donors (Lipinski definition) is 4. The zero-order valence-corrected chi connectivity index (χ0v) is 23.5. The molecular formula is C30H24Cl2N6O4. The minimum Gasteiger partial charge on any atom is -0.480 e. The number of nitrogen functional groups attached to an aromatic ring is 1. The maximum absolute atomic E-state index is 13.0. The van der Waals surface area contributed by atoms with E-state index in [0.29, 0.717) is 56.8 Å². The number of hydrogen-bond acceptors (Lipinski definition) is 7. The second-order valence-electron chi connectivity index (χ2n) is 9.60. The molecule has 2 aromatic carbocycles. The van der Waals surface area contributed by atoms with Crippen LogP contribution < -0.4 is 16.1 Å². The van der Waals surface area contributed by atoms with Gasteiger partial charge in [-0.2, -0.15) is 0 Å². The number of anilines is 1.